The fourth-order valence-electron chi connectivity index (χ4n) is 3.13. The van der Waals surface area contributed by atoms with E-state index in [0.717, 1.165) is 32.2 Å². The Morgan fingerprint density at radius 1 is 1.19 bits per heavy atom. The van der Waals surface area contributed by atoms with E-state index >= 15 is 0 Å². The Morgan fingerprint density at radius 2 is 2.11 bits per heavy atom. The van der Waals surface area contributed by atoms with Gasteiger partial charge in [0.25, 0.3) is 0 Å². The lowest BCUT2D eigenvalue weighted by Crippen LogP contribution is -2.30. The number of halogens is 1. The molecule has 4 nitrogen and oxygen atoms in total. The zero-order valence-corrected chi connectivity index (χ0v) is 16.7. The molecule has 1 saturated heterocycles. The number of thiophene rings is 1. The van der Waals surface area contributed by atoms with Gasteiger partial charge in [-0.3, -0.25) is 0 Å². The lowest BCUT2D eigenvalue weighted by molar-refractivity contribution is 0.425. The van der Waals surface area contributed by atoms with Crippen LogP contribution in [0.5, 0.6) is 0 Å². The molecule has 0 radical (unpaired) electrons. The van der Waals surface area contributed by atoms with Crippen LogP contribution in [0.25, 0.3) is 20.4 Å². The number of fused-ring (bicyclic) bond motifs is 2. The maximum atomic E-state index is 14.0. The Kier molecular flexibility index (Phi) is 5.61. The predicted octanol–water partition coefficient (Wildman–Crippen LogP) is 5.94. The number of benzene rings is 1. The van der Waals surface area contributed by atoms with Crippen molar-refractivity contribution >= 4 is 54.5 Å². The van der Waals surface area contributed by atoms with Gasteiger partial charge in [-0.15, -0.1) is 22.7 Å². The van der Waals surface area contributed by atoms with E-state index in [9.17, 15) is 4.39 Å². The van der Waals surface area contributed by atoms with E-state index in [2.05, 4.69) is 27.5 Å². The summed E-state index contributed by atoms with van der Waals surface area (Å²) in [7, 11) is 0. The van der Waals surface area contributed by atoms with Gasteiger partial charge in [-0.25, -0.2) is 14.4 Å². The molecule has 0 aliphatic carbocycles. The topological polar surface area (TPSA) is 49.8 Å². The first-order valence-corrected chi connectivity index (χ1v) is 10.8. The third kappa shape index (κ3) is 4.26. The number of hydrogen-bond acceptors (Lipinski definition) is 6. The molecule has 27 heavy (non-hydrogen) atoms. The minimum absolute atomic E-state index is 0.353. The summed E-state index contributed by atoms with van der Waals surface area (Å²) >= 11 is 3.08. The number of nitrogens with one attached hydrogen (secondary N) is 2. The zero-order valence-electron chi connectivity index (χ0n) is 15.0. The van der Waals surface area contributed by atoms with Crippen LogP contribution < -0.4 is 10.6 Å². The van der Waals surface area contributed by atoms with Crippen LogP contribution in [-0.2, 0) is 0 Å². The summed E-state index contributed by atoms with van der Waals surface area (Å²) in [6.45, 7) is 3.49. The van der Waals surface area contributed by atoms with Gasteiger partial charge in [-0.1, -0.05) is 6.42 Å². The van der Waals surface area contributed by atoms with Crippen molar-refractivity contribution in [3.05, 3.63) is 47.2 Å². The third-order valence-electron chi connectivity index (χ3n) is 4.60. The van der Waals surface area contributed by atoms with E-state index in [1.54, 1.807) is 16.8 Å². The highest BCUT2D eigenvalue weighted by molar-refractivity contribution is 7.17. The molecule has 4 heterocycles. The quantitative estimate of drug-likeness (QED) is 0.437. The second-order valence-corrected chi connectivity index (χ2v) is 8.41. The molecule has 1 fully saturated rings. The molecule has 1 aliphatic rings. The number of anilines is 2. The highest BCUT2D eigenvalue weighted by atomic mass is 32.1. The number of pyridine rings is 1. The molecule has 4 aromatic rings. The van der Waals surface area contributed by atoms with E-state index in [1.165, 1.54) is 43.3 Å². The van der Waals surface area contributed by atoms with Crippen LogP contribution in [0, 0.1) is 5.82 Å². The van der Waals surface area contributed by atoms with Gasteiger partial charge in [-0.05, 0) is 56.0 Å². The summed E-state index contributed by atoms with van der Waals surface area (Å²) < 4.78 is 15.1. The van der Waals surface area contributed by atoms with Crippen LogP contribution in [0.15, 0.2) is 41.4 Å². The van der Waals surface area contributed by atoms with Crippen molar-refractivity contribution in [3.8, 4) is 0 Å². The molecule has 5 rings (SSSR count). The second kappa shape index (κ2) is 8.29. The summed E-state index contributed by atoms with van der Waals surface area (Å²) in [6.07, 6.45) is 5.43. The SMILES string of the molecule is CC1CCCCN1.Fc1cnc2sccc2c1Nc1ccc2scnc2c1. The first kappa shape index (κ1) is 18.3. The first-order valence-electron chi connectivity index (χ1n) is 9.06. The van der Waals surface area contributed by atoms with Crippen molar-refractivity contribution in [1.82, 2.24) is 15.3 Å². The summed E-state index contributed by atoms with van der Waals surface area (Å²) in [5.41, 5.74) is 4.00. The Morgan fingerprint density at radius 3 is 2.89 bits per heavy atom. The van der Waals surface area contributed by atoms with Gasteiger partial charge in [0.1, 0.15) is 4.83 Å². The molecule has 1 aliphatic heterocycles. The molecule has 0 spiro atoms. The Labute approximate surface area is 165 Å². The smallest absolute Gasteiger partial charge is 0.165 e. The van der Waals surface area contributed by atoms with Gasteiger partial charge in [0, 0.05) is 17.1 Å². The summed E-state index contributed by atoms with van der Waals surface area (Å²) in [6, 6.07) is 8.50. The van der Waals surface area contributed by atoms with Crippen LogP contribution in [0.4, 0.5) is 15.8 Å². The number of hydrogen-bond donors (Lipinski definition) is 2. The number of piperidine rings is 1. The molecular formula is C20H21FN4S2. The highest BCUT2D eigenvalue weighted by Gasteiger charge is 2.10. The second-order valence-electron chi connectivity index (χ2n) is 6.63. The van der Waals surface area contributed by atoms with Gasteiger partial charge in [0.15, 0.2) is 5.82 Å². The Bertz CT molecular complexity index is 1040. The van der Waals surface area contributed by atoms with Crippen LogP contribution >= 0.6 is 22.7 Å². The molecular weight excluding hydrogens is 379 g/mol. The van der Waals surface area contributed by atoms with Crippen molar-refractivity contribution in [2.75, 3.05) is 11.9 Å². The van der Waals surface area contributed by atoms with Crippen LogP contribution in [0.2, 0.25) is 0 Å². The average Bonchev–Trinajstić information content (AvgIpc) is 3.34. The number of nitrogens with zero attached hydrogens (tertiary/aromatic N) is 2. The molecule has 0 saturated carbocycles. The van der Waals surface area contributed by atoms with Gasteiger partial charge in [0.05, 0.1) is 27.6 Å². The third-order valence-corrected chi connectivity index (χ3v) is 6.24. The normalized spacial score (nSPS) is 16.9. The molecule has 2 N–H and O–H groups in total. The van der Waals surface area contributed by atoms with Gasteiger partial charge in [-0.2, -0.15) is 0 Å². The standard InChI is InChI=1S/C14H8FN3S2.C6H13N/c15-10-6-16-14-9(3-4-19-14)13(10)18-8-1-2-12-11(5-8)17-7-20-12;1-6-4-2-3-5-7-6/h1-7H,(H,16,18);6-7H,2-5H2,1H3. The fraction of sp³-hybridized carbons (Fsp3) is 0.300. The van der Waals surface area contributed by atoms with Crippen LogP contribution in [-0.4, -0.2) is 22.6 Å². The van der Waals surface area contributed by atoms with Gasteiger partial charge >= 0.3 is 0 Å². The molecule has 1 aromatic carbocycles. The molecule has 3 aromatic heterocycles. The van der Waals surface area contributed by atoms with Crippen molar-refractivity contribution in [2.24, 2.45) is 0 Å². The van der Waals surface area contributed by atoms with E-state index in [1.807, 2.05) is 29.6 Å². The zero-order chi connectivity index (χ0) is 18.6. The maximum absolute atomic E-state index is 14.0. The summed E-state index contributed by atoms with van der Waals surface area (Å²) in [5.74, 6) is -0.353. The molecule has 0 bridgehead atoms. The average molecular weight is 401 g/mol. The van der Waals surface area contributed by atoms with Crippen molar-refractivity contribution in [1.29, 1.82) is 0 Å². The van der Waals surface area contributed by atoms with E-state index in [-0.39, 0.29) is 5.82 Å². The van der Waals surface area contributed by atoms with E-state index in [4.69, 9.17) is 0 Å². The molecule has 140 valence electrons. The first-order chi connectivity index (χ1) is 13.2. The fourth-order valence-corrected chi connectivity index (χ4v) is 4.54. The lowest BCUT2D eigenvalue weighted by atomic mass is 10.1. The van der Waals surface area contributed by atoms with E-state index in [0.29, 0.717) is 5.69 Å². The molecule has 1 atom stereocenters. The van der Waals surface area contributed by atoms with Crippen molar-refractivity contribution in [2.45, 2.75) is 32.2 Å². The predicted molar refractivity (Wildman–Crippen MR) is 114 cm³/mol. The van der Waals surface area contributed by atoms with E-state index < -0.39 is 0 Å². The van der Waals surface area contributed by atoms with Gasteiger partial charge < -0.3 is 10.6 Å². The highest BCUT2D eigenvalue weighted by Crippen LogP contribution is 2.32. The van der Waals surface area contributed by atoms with Crippen molar-refractivity contribution in [3.63, 3.8) is 0 Å². The molecule has 1 unspecified atom stereocenters. The van der Waals surface area contributed by atoms with Crippen LogP contribution in [0.3, 0.4) is 0 Å². The monoisotopic (exact) mass is 400 g/mol. The summed E-state index contributed by atoms with van der Waals surface area (Å²) in [5, 5.41) is 9.23. The minimum atomic E-state index is -0.353. The minimum Gasteiger partial charge on any atom is -0.352 e. The molecule has 0 amide bonds. The van der Waals surface area contributed by atoms with Gasteiger partial charge in [0.2, 0.25) is 0 Å². The largest absolute Gasteiger partial charge is 0.352 e. The number of rotatable bonds is 2. The Balaban J connectivity index is 0.000000218. The lowest BCUT2D eigenvalue weighted by Gasteiger charge is -2.18. The number of thiazole rings is 1. The van der Waals surface area contributed by atoms with Crippen molar-refractivity contribution < 1.29 is 4.39 Å². The number of aromatic nitrogens is 2. The van der Waals surface area contributed by atoms with Crippen LogP contribution in [0.1, 0.15) is 26.2 Å². The maximum Gasteiger partial charge on any atom is 0.165 e. The Hall–Kier alpha value is -2.09. The summed E-state index contributed by atoms with van der Waals surface area (Å²) in [4.78, 5) is 9.17. The molecule has 7 heteroatoms.